The van der Waals surface area contributed by atoms with Crippen molar-refractivity contribution in [2.45, 2.75) is 12.5 Å². The average molecular weight is 482 g/mol. The monoisotopic (exact) mass is 481 g/mol. The third kappa shape index (κ3) is 6.18. The first kappa shape index (κ1) is 22.6. The highest BCUT2D eigenvalue weighted by Crippen LogP contribution is 2.22. The zero-order valence-corrected chi connectivity index (χ0v) is 18.8. The van der Waals surface area contributed by atoms with Crippen LogP contribution >= 0.6 is 15.9 Å². The van der Waals surface area contributed by atoms with E-state index in [9.17, 15) is 9.59 Å². The number of halogens is 1. The van der Waals surface area contributed by atoms with Crippen molar-refractivity contribution in [2.24, 2.45) is 0 Å². The Hall–Kier alpha value is -3.12. The molecule has 0 aliphatic rings. The fourth-order valence-electron chi connectivity index (χ4n) is 3.19. The molecule has 160 valence electrons. The molecule has 0 fully saturated rings. The number of ether oxygens (including phenoxy) is 2. The molecule has 0 saturated carbocycles. The van der Waals surface area contributed by atoms with Gasteiger partial charge in [-0.15, -0.1) is 0 Å². The van der Waals surface area contributed by atoms with Gasteiger partial charge in [-0.3, -0.25) is 4.79 Å². The van der Waals surface area contributed by atoms with Crippen molar-refractivity contribution < 1.29 is 19.1 Å². The molecule has 1 atom stereocenters. The number of hydrogen-bond donors (Lipinski definition) is 1. The van der Waals surface area contributed by atoms with Crippen molar-refractivity contribution >= 4 is 33.4 Å². The molecular formula is C25H24BrNO4. The van der Waals surface area contributed by atoms with Crippen molar-refractivity contribution in [3.63, 3.8) is 0 Å². The number of carbonyl (C=O) groups excluding carboxylic acids is 2. The van der Waals surface area contributed by atoms with Crippen LogP contribution in [0.4, 0.5) is 5.69 Å². The highest BCUT2D eigenvalue weighted by molar-refractivity contribution is 9.09. The summed E-state index contributed by atoms with van der Waals surface area (Å²) in [6.07, 6.45) is 0.402. The third-order valence-electron chi connectivity index (χ3n) is 4.73. The Morgan fingerprint density at radius 1 is 0.935 bits per heavy atom. The van der Waals surface area contributed by atoms with E-state index in [2.05, 4.69) is 21.2 Å². The van der Waals surface area contributed by atoms with E-state index in [0.717, 1.165) is 16.6 Å². The van der Waals surface area contributed by atoms with Crippen LogP contribution in [0.1, 0.15) is 21.5 Å². The standard InChI is InChI=1S/C25H24BrNO4/c1-30-25(29)23(17-18-11-13-20(14-12-18)31-16-15-26)27-22-10-6-5-9-21(22)24(28)19-7-3-2-4-8-19/h2-14,23,27H,15-17H2,1H3. The van der Waals surface area contributed by atoms with Crippen LogP contribution in [0, 0.1) is 0 Å². The van der Waals surface area contributed by atoms with Gasteiger partial charge in [0.1, 0.15) is 11.8 Å². The molecule has 0 spiro atoms. The molecule has 3 rings (SSSR count). The van der Waals surface area contributed by atoms with Gasteiger partial charge in [0, 0.05) is 28.6 Å². The highest BCUT2D eigenvalue weighted by atomic mass is 79.9. The normalized spacial score (nSPS) is 11.4. The number of hydrogen-bond acceptors (Lipinski definition) is 5. The summed E-state index contributed by atoms with van der Waals surface area (Å²) in [5.41, 5.74) is 2.62. The molecule has 0 amide bonds. The van der Waals surface area contributed by atoms with Crippen molar-refractivity contribution in [1.29, 1.82) is 0 Å². The van der Waals surface area contributed by atoms with E-state index >= 15 is 0 Å². The van der Waals surface area contributed by atoms with E-state index in [-0.39, 0.29) is 5.78 Å². The molecule has 0 saturated heterocycles. The summed E-state index contributed by atoms with van der Waals surface area (Å²) in [5, 5.41) is 3.97. The lowest BCUT2D eigenvalue weighted by Crippen LogP contribution is -2.33. The van der Waals surface area contributed by atoms with Gasteiger partial charge in [0.2, 0.25) is 0 Å². The number of nitrogens with one attached hydrogen (secondary N) is 1. The van der Waals surface area contributed by atoms with E-state index in [0.29, 0.717) is 29.8 Å². The van der Waals surface area contributed by atoms with Gasteiger partial charge < -0.3 is 14.8 Å². The molecule has 31 heavy (non-hydrogen) atoms. The second-order valence-electron chi connectivity index (χ2n) is 6.85. The molecular weight excluding hydrogens is 458 g/mol. The van der Waals surface area contributed by atoms with Crippen molar-refractivity contribution in [3.05, 3.63) is 95.6 Å². The maximum Gasteiger partial charge on any atom is 0.328 e. The van der Waals surface area contributed by atoms with Gasteiger partial charge in [-0.25, -0.2) is 4.79 Å². The number of carbonyl (C=O) groups is 2. The quantitative estimate of drug-likeness (QED) is 0.253. The first-order chi connectivity index (χ1) is 15.1. The predicted molar refractivity (Wildman–Crippen MR) is 125 cm³/mol. The van der Waals surface area contributed by atoms with Gasteiger partial charge in [-0.2, -0.15) is 0 Å². The minimum Gasteiger partial charge on any atom is -0.493 e. The largest absolute Gasteiger partial charge is 0.493 e. The molecule has 6 heteroatoms. The summed E-state index contributed by atoms with van der Waals surface area (Å²) in [4.78, 5) is 25.5. The Morgan fingerprint density at radius 3 is 2.29 bits per heavy atom. The van der Waals surface area contributed by atoms with Crippen LogP contribution in [-0.2, 0) is 16.0 Å². The highest BCUT2D eigenvalue weighted by Gasteiger charge is 2.22. The molecule has 0 aliphatic heterocycles. The van der Waals surface area contributed by atoms with Crippen LogP contribution in [-0.4, -0.2) is 36.8 Å². The minimum absolute atomic E-state index is 0.111. The van der Waals surface area contributed by atoms with Gasteiger partial charge >= 0.3 is 5.97 Å². The van der Waals surface area contributed by atoms with Gasteiger partial charge in [0.25, 0.3) is 0 Å². The molecule has 0 bridgehead atoms. The number of anilines is 1. The Bertz CT molecular complexity index is 1010. The number of benzene rings is 3. The maximum absolute atomic E-state index is 13.0. The van der Waals surface area contributed by atoms with Crippen molar-refractivity contribution in [2.75, 3.05) is 24.4 Å². The summed E-state index contributed by atoms with van der Waals surface area (Å²) >= 11 is 3.33. The van der Waals surface area contributed by atoms with Crippen LogP contribution < -0.4 is 10.1 Å². The molecule has 0 aliphatic carbocycles. The van der Waals surface area contributed by atoms with Gasteiger partial charge in [0.15, 0.2) is 5.78 Å². The predicted octanol–water partition coefficient (Wildman–Crippen LogP) is 4.89. The maximum atomic E-state index is 13.0. The lowest BCUT2D eigenvalue weighted by molar-refractivity contribution is -0.141. The Labute approximate surface area is 190 Å². The topological polar surface area (TPSA) is 64.6 Å². The Balaban J connectivity index is 1.80. The fraction of sp³-hybridized carbons (Fsp3) is 0.200. The summed E-state index contributed by atoms with van der Waals surface area (Å²) in [6, 6.07) is 23.2. The van der Waals surface area contributed by atoms with E-state index in [1.165, 1.54) is 7.11 Å². The fourth-order valence-corrected chi connectivity index (χ4v) is 3.35. The average Bonchev–Trinajstić information content (AvgIpc) is 2.83. The second kappa shape index (κ2) is 11.3. The van der Waals surface area contributed by atoms with E-state index in [1.807, 2.05) is 48.5 Å². The molecule has 0 heterocycles. The van der Waals surface area contributed by atoms with E-state index in [4.69, 9.17) is 9.47 Å². The molecule has 3 aromatic carbocycles. The summed E-state index contributed by atoms with van der Waals surface area (Å²) < 4.78 is 10.6. The van der Waals surface area contributed by atoms with Crippen LogP contribution in [0.25, 0.3) is 0 Å². The van der Waals surface area contributed by atoms with Crippen LogP contribution in [0.15, 0.2) is 78.9 Å². The smallest absolute Gasteiger partial charge is 0.328 e. The Kier molecular flexibility index (Phi) is 8.24. The van der Waals surface area contributed by atoms with Crippen LogP contribution in [0.2, 0.25) is 0 Å². The molecule has 3 aromatic rings. The SMILES string of the molecule is COC(=O)C(Cc1ccc(OCCBr)cc1)Nc1ccccc1C(=O)c1ccccc1. The molecule has 1 unspecified atom stereocenters. The molecule has 0 radical (unpaired) electrons. The number of methoxy groups -OCH3 is 1. The first-order valence-corrected chi connectivity index (χ1v) is 11.1. The number of ketones is 1. The third-order valence-corrected chi connectivity index (χ3v) is 5.06. The van der Waals surface area contributed by atoms with Gasteiger partial charge in [-0.05, 0) is 29.8 Å². The molecule has 0 aromatic heterocycles. The first-order valence-electron chi connectivity index (χ1n) is 9.93. The number of alkyl halides is 1. The summed E-state index contributed by atoms with van der Waals surface area (Å²) in [7, 11) is 1.36. The lowest BCUT2D eigenvalue weighted by atomic mass is 10.00. The van der Waals surface area contributed by atoms with E-state index in [1.54, 1.807) is 30.3 Å². The summed E-state index contributed by atoms with van der Waals surface area (Å²) in [6.45, 7) is 0.581. The molecule has 5 nitrogen and oxygen atoms in total. The van der Waals surface area contributed by atoms with Crippen LogP contribution in [0.5, 0.6) is 5.75 Å². The van der Waals surface area contributed by atoms with E-state index < -0.39 is 12.0 Å². The zero-order chi connectivity index (χ0) is 22.1. The lowest BCUT2D eigenvalue weighted by Gasteiger charge is -2.20. The number of rotatable bonds is 10. The number of esters is 1. The van der Waals surface area contributed by atoms with Crippen LogP contribution in [0.3, 0.4) is 0 Å². The van der Waals surface area contributed by atoms with Crippen molar-refractivity contribution in [3.8, 4) is 5.75 Å². The molecule has 1 N–H and O–H groups in total. The van der Waals surface area contributed by atoms with Gasteiger partial charge in [0.05, 0.1) is 13.7 Å². The second-order valence-corrected chi connectivity index (χ2v) is 7.64. The minimum atomic E-state index is -0.649. The van der Waals surface area contributed by atoms with Gasteiger partial charge in [-0.1, -0.05) is 70.5 Å². The Morgan fingerprint density at radius 2 is 1.61 bits per heavy atom. The summed E-state index contributed by atoms with van der Waals surface area (Å²) in [5.74, 6) is 0.256. The zero-order valence-electron chi connectivity index (χ0n) is 17.2. The number of para-hydroxylation sites is 1. The van der Waals surface area contributed by atoms with Crippen molar-refractivity contribution in [1.82, 2.24) is 0 Å².